The second-order valence-corrected chi connectivity index (χ2v) is 3.01. The fraction of sp³-hybridized carbons (Fsp3) is 0.556. The molecule has 1 heterocycles. The Kier molecular flexibility index (Phi) is 3.44. The predicted octanol–water partition coefficient (Wildman–Crippen LogP) is 1.35. The first-order chi connectivity index (χ1) is 5.34. The van der Waals surface area contributed by atoms with Gasteiger partial charge in [-0.3, -0.25) is 0 Å². The zero-order chi connectivity index (χ0) is 8.10. The maximum atomic E-state index is 3.16. The summed E-state index contributed by atoms with van der Waals surface area (Å²) in [5, 5.41) is 3.16. The molecule has 1 aliphatic rings. The second kappa shape index (κ2) is 4.40. The van der Waals surface area contributed by atoms with Crippen LogP contribution >= 0.6 is 0 Å². The van der Waals surface area contributed by atoms with Crippen LogP contribution in [0.4, 0.5) is 0 Å². The summed E-state index contributed by atoms with van der Waals surface area (Å²) in [6.07, 6.45) is 5.52. The van der Waals surface area contributed by atoms with Gasteiger partial charge in [0, 0.05) is 0 Å². The molecular weight excluding hydrogens is 133 g/mol. The van der Waals surface area contributed by atoms with Gasteiger partial charge < -0.3 is 5.32 Å². The molecule has 59 valence electrons. The SMILES string of the molecule is CNCCC(C)C1=CC=C[B]1. The largest absolute Gasteiger partial charge is 0.320 e. The van der Waals surface area contributed by atoms with E-state index in [1.165, 1.54) is 11.9 Å². The fourth-order valence-electron chi connectivity index (χ4n) is 1.24. The van der Waals surface area contributed by atoms with Crippen LogP contribution in [0.15, 0.2) is 23.6 Å². The average Bonchev–Trinajstić information content (AvgIpc) is 2.52. The van der Waals surface area contributed by atoms with Crippen molar-refractivity contribution < 1.29 is 0 Å². The molecule has 1 N–H and O–H groups in total. The van der Waals surface area contributed by atoms with Crippen LogP contribution in [0.25, 0.3) is 0 Å². The lowest BCUT2D eigenvalue weighted by Crippen LogP contribution is -2.13. The lowest BCUT2D eigenvalue weighted by molar-refractivity contribution is 0.602. The highest BCUT2D eigenvalue weighted by Crippen LogP contribution is 2.16. The third-order valence-electron chi connectivity index (χ3n) is 2.08. The molecule has 1 rings (SSSR count). The van der Waals surface area contributed by atoms with E-state index in [0.717, 1.165) is 6.54 Å². The van der Waals surface area contributed by atoms with Crippen LogP contribution in [0.5, 0.6) is 0 Å². The predicted molar refractivity (Wildman–Crippen MR) is 50.7 cm³/mol. The molecule has 0 aliphatic carbocycles. The van der Waals surface area contributed by atoms with E-state index >= 15 is 0 Å². The molecule has 0 aromatic rings. The van der Waals surface area contributed by atoms with Gasteiger partial charge >= 0.3 is 0 Å². The summed E-state index contributed by atoms with van der Waals surface area (Å²) in [4.78, 5) is 0. The van der Waals surface area contributed by atoms with Gasteiger partial charge in [-0.15, -0.1) is 11.4 Å². The standard InChI is InChI=1S/C9H15BN/c1-8(5-7-11-2)9-4-3-6-10-9/h3-4,6,8,11H,5,7H2,1-2H3. The van der Waals surface area contributed by atoms with E-state index in [9.17, 15) is 0 Å². The van der Waals surface area contributed by atoms with Crippen molar-refractivity contribution in [2.75, 3.05) is 13.6 Å². The molecule has 0 spiro atoms. The van der Waals surface area contributed by atoms with E-state index in [1.54, 1.807) is 0 Å². The van der Waals surface area contributed by atoms with E-state index in [1.807, 2.05) is 7.05 Å². The molecule has 0 aromatic heterocycles. The average molecular weight is 148 g/mol. The molecule has 0 saturated carbocycles. The number of nitrogens with one attached hydrogen (secondary N) is 1. The van der Waals surface area contributed by atoms with E-state index < -0.39 is 0 Å². The summed E-state index contributed by atoms with van der Waals surface area (Å²) in [7, 11) is 4.19. The Morgan fingerprint density at radius 3 is 3.00 bits per heavy atom. The van der Waals surface area contributed by atoms with E-state index in [4.69, 9.17) is 0 Å². The molecule has 2 heteroatoms. The maximum absolute atomic E-state index is 3.16. The van der Waals surface area contributed by atoms with Gasteiger partial charge in [-0.05, 0) is 25.9 Å². The van der Waals surface area contributed by atoms with Crippen molar-refractivity contribution >= 4 is 7.28 Å². The van der Waals surface area contributed by atoms with Crippen LogP contribution in [0.3, 0.4) is 0 Å². The van der Waals surface area contributed by atoms with E-state index in [-0.39, 0.29) is 0 Å². The molecule has 1 atom stereocenters. The van der Waals surface area contributed by atoms with Crippen LogP contribution in [-0.4, -0.2) is 20.9 Å². The first-order valence-corrected chi connectivity index (χ1v) is 4.21. The minimum atomic E-state index is 0.692. The summed E-state index contributed by atoms with van der Waals surface area (Å²) in [5.41, 5.74) is 1.46. The van der Waals surface area contributed by atoms with Gasteiger partial charge in [0.25, 0.3) is 0 Å². The lowest BCUT2D eigenvalue weighted by Gasteiger charge is -2.11. The van der Waals surface area contributed by atoms with Crippen molar-refractivity contribution in [1.29, 1.82) is 0 Å². The highest BCUT2D eigenvalue weighted by Gasteiger charge is 2.08. The Bertz CT molecular complexity index is 172. The third kappa shape index (κ3) is 2.54. The molecule has 11 heavy (non-hydrogen) atoms. The van der Waals surface area contributed by atoms with E-state index in [0.29, 0.717) is 5.92 Å². The summed E-state index contributed by atoms with van der Waals surface area (Å²) in [5.74, 6) is 2.79. The summed E-state index contributed by atoms with van der Waals surface area (Å²) >= 11 is 0. The van der Waals surface area contributed by atoms with Crippen molar-refractivity contribution in [3.63, 3.8) is 0 Å². The third-order valence-corrected chi connectivity index (χ3v) is 2.08. The maximum Gasteiger partial charge on any atom is 0.176 e. The minimum absolute atomic E-state index is 0.692. The Labute approximate surface area is 69.8 Å². The van der Waals surface area contributed by atoms with Crippen molar-refractivity contribution in [1.82, 2.24) is 5.32 Å². The smallest absolute Gasteiger partial charge is 0.176 e. The molecule has 0 fully saturated rings. The molecule has 1 nitrogen and oxygen atoms in total. The first kappa shape index (κ1) is 8.60. The van der Waals surface area contributed by atoms with Gasteiger partial charge in [-0.25, -0.2) is 0 Å². The molecule has 0 aromatic carbocycles. The topological polar surface area (TPSA) is 12.0 Å². The Morgan fingerprint density at radius 2 is 2.45 bits per heavy atom. The first-order valence-electron chi connectivity index (χ1n) is 4.21. The monoisotopic (exact) mass is 148 g/mol. The van der Waals surface area contributed by atoms with Gasteiger partial charge in [0.1, 0.15) is 0 Å². The van der Waals surface area contributed by atoms with Crippen LogP contribution in [-0.2, 0) is 0 Å². The van der Waals surface area contributed by atoms with Crippen LogP contribution in [0.2, 0.25) is 0 Å². The van der Waals surface area contributed by atoms with Gasteiger partial charge in [0.15, 0.2) is 7.28 Å². The fourth-order valence-corrected chi connectivity index (χ4v) is 1.24. The van der Waals surface area contributed by atoms with Gasteiger partial charge in [0.2, 0.25) is 0 Å². The molecular formula is C9H15BN. The molecule has 1 radical (unpaired) electrons. The van der Waals surface area contributed by atoms with Crippen LogP contribution < -0.4 is 5.32 Å². The number of rotatable bonds is 4. The highest BCUT2D eigenvalue weighted by molar-refractivity contribution is 6.52. The minimum Gasteiger partial charge on any atom is -0.320 e. The lowest BCUT2D eigenvalue weighted by atomic mass is 9.67. The van der Waals surface area contributed by atoms with Gasteiger partial charge in [-0.2, -0.15) is 0 Å². The van der Waals surface area contributed by atoms with Crippen molar-refractivity contribution in [3.05, 3.63) is 23.6 Å². The van der Waals surface area contributed by atoms with Crippen molar-refractivity contribution in [2.24, 2.45) is 5.92 Å². The molecule has 1 unspecified atom stereocenters. The zero-order valence-electron chi connectivity index (χ0n) is 7.30. The van der Waals surface area contributed by atoms with Crippen LogP contribution in [0.1, 0.15) is 13.3 Å². The second-order valence-electron chi connectivity index (χ2n) is 3.01. The number of hydrogen-bond acceptors (Lipinski definition) is 1. The van der Waals surface area contributed by atoms with Crippen LogP contribution in [0, 0.1) is 5.92 Å². The van der Waals surface area contributed by atoms with E-state index in [2.05, 4.69) is 37.6 Å². The Hall–Kier alpha value is -0.495. The Morgan fingerprint density at radius 1 is 1.64 bits per heavy atom. The van der Waals surface area contributed by atoms with Gasteiger partial charge in [-0.1, -0.05) is 19.1 Å². The number of hydrogen-bond donors (Lipinski definition) is 1. The Balaban J connectivity index is 2.24. The quantitative estimate of drug-likeness (QED) is 0.593. The zero-order valence-corrected chi connectivity index (χ0v) is 7.30. The highest BCUT2D eigenvalue weighted by atomic mass is 14.8. The molecule has 0 saturated heterocycles. The number of allylic oxidation sites excluding steroid dienone is 3. The summed E-state index contributed by atoms with van der Waals surface area (Å²) in [6.45, 7) is 3.37. The molecule has 0 bridgehead atoms. The normalized spacial score (nSPS) is 17.8. The molecule has 0 amide bonds. The van der Waals surface area contributed by atoms with Crippen molar-refractivity contribution in [2.45, 2.75) is 13.3 Å². The summed E-state index contributed by atoms with van der Waals surface area (Å²) < 4.78 is 0. The van der Waals surface area contributed by atoms with Gasteiger partial charge in [0.05, 0.1) is 0 Å². The molecule has 1 aliphatic heterocycles. The van der Waals surface area contributed by atoms with Crippen molar-refractivity contribution in [3.8, 4) is 0 Å². The summed E-state index contributed by atoms with van der Waals surface area (Å²) in [6, 6.07) is 0.